The van der Waals surface area contributed by atoms with Crippen LogP contribution in [0.25, 0.3) is 5.69 Å². The molecule has 200 valence electrons. The van der Waals surface area contributed by atoms with Gasteiger partial charge in [0.05, 0.1) is 19.4 Å². The Morgan fingerprint density at radius 2 is 2.00 bits per heavy atom. The van der Waals surface area contributed by atoms with Crippen LogP contribution in [0, 0.1) is 0 Å². The van der Waals surface area contributed by atoms with Gasteiger partial charge in [-0.2, -0.15) is 4.68 Å². The number of nitrogens with one attached hydrogen (secondary N) is 1. The predicted molar refractivity (Wildman–Crippen MR) is 142 cm³/mol. The molecule has 0 aliphatic carbocycles. The van der Waals surface area contributed by atoms with Gasteiger partial charge in [-0.3, -0.25) is 9.69 Å². The fourth-order valence-electron chi connectivity index (χ4n) is 5.09. The van der Waals surface area contributed by atoms with Gasteiger partial charge in [-0.1, -0.05) is 6.07 Å². The number of nitrogens with zero attached hydrogens (tertiary/aromatic N) is 5. The molecule has 3 heterocycles. The first kappa shape index (κ1) is 24.7. The van der Waals surface area contributed by atoms with Crippen LogP contribution in [0.1, 0.15) is 40.3 Å². The minimum absolute atomic E-state index is 0.151. The van der Waals surface area contributed by atoms with Crippen LogP contribution in [-0.2, 0) is 6.42 Å². The Kier molecular flexibility index (Phi) is 6.49. The van der Waals surface area contributed by atoms with Gasteiger partial charge < -0.3 is 24.3 Å². The van der Waals surface area contributed by atoms with Gasteiger partial charge in [0.2, 0.25) is 12.5 Å². The Labute approximate surface area is 225 Å². The lowest BCUT2D eigenvalue weighted by Gasteiger charge is -2.34. The van der Waals surface area contributed by atoms with Crippen molar-refractivity contribution in [3.8, 4) is 28.7 Å². The van der Waals surface area contributed by atoms with Gasteiger partial charge in [-0.25, -0.2) is 0 Å². The number of carbonyl (C=O) groups is 1. The van der Waals surface area contributed by atoms with Crippen molar-refractivity contribution < 1.29 is 23.7 Å². The highest BCUT2D eigenvalue weighted by molar-refractivity contribution is 6.04. The Balaban J connectivity index is 1.33. The van der Waals surface area contributed by atoms with Crippen LogP contribution in [0.4, 0.5) is 5.69 Å². The number of benzene rings is 3. The third-order valence-corrected chi connectivity index (χ3v) is 6.91. The summed E-state index contributed by atoms with van der Waals surface area (Å²) < 4.78 is 24.4. The van der Waals surface area contributed by atoms with E-state index in [2.05, 4.69) is 25.7 Å². The number of amides is 1. The predicted octanol–water partition coefficient (Wildman–Crippen LogP) is 3.63. The van der Waals surface area contributed by atoms with Crippen LogP contribution in [0.5, 0.6) is 23.0 Å². The summed E-state index contributed by atoms with van der Waals surface area (Å²) in [6, 6.07) is 16.2. The zero-order chi connectivity index (χ0) is 26.9. The topological polar surface area (TPSA) is 113 Å². The van der Waals surface area contributed by atoms with E-state index in [4.69, 9.17) is 18.9 Å². The lowest BCUT2D eigenvalue weighted by atomic mass is 9.90. The van der Waals surface area contributed by atoms with Crippen molar-refractivity contribution in [1.29, 1.82) is 0 Å². The van der Waals surface area contributed by atoms with E-state index < -0.39 is 0 Å². The van der Waals surface area contributed by atoms with Gasteiger partial charge in [0.25, 0.3) is 5.91 Å². The van der Waals surface area contributed by atoms with Gasteiger partial charge in [0.15, 0.2) is 17.3 Å². The number of fused-ring (bicyclic) bond motifs is 2. The second-order valence-electron chi connectivity index (χ2n) is 9.26. The van der Waals surface area contributed by atoms with Crippen LogP contribution >= 0.6 is 0 Å². The molecular formula is C28H28N6O5. The Morgan fingerprint density at radius 3 is 2.79 bits per heavy atom. The fourth-order valence-corrected chi connectivity index (χ4v) is 5.09. The minimum atomic E-state index is -0.311. The maximum atomic E-state index is 13.1. The lowest BCUT2D eigenvalue weighted by molar-refractivity contribution is 0.102. The average molecular weight is 529 g/mol. The van der Waals surface area contributed by atoms with Crippen molar-refractivity contribution in [2.45, 2.75) is 19.4 Å². The van der Waals surface area contributed by atoms with Crippen LogP contribution in [0.15, 0.2) is 54.6 Å². The molecule has 1 atom stereocenters. The number of likely N-dealkylation sites (N-methyl/N-ethyl adjacent to an activating group) is 1. The summed E-state index contributed by atoms with van der Waals surface area (Å²) in [5.74, 6) is 2.99. The summed E-state index contributed by atoms with van der Waals surface area (Å²) in [5.41, 5.74) is 3.84. The standard InChI is InChI=1S/C28H28N6O5/c1-4-37-21-10-8-19(9-11-21)29-28(35)18-6-5-7-20(14-18)34-27(30-31-32-34)24-23-17(12-13-33(24)2)15-22-25(26(23)36-3)39-16-38-22/h5-11,14-15,24H,4,12-13,16H2,1-3H3,(H,29,35). The van der Waals surface area contributed by atoms with E-state index in [-0.39, 0.29) is 18.7 Å². The first-order valence-electron chi connectivity index (χ1n) is 12.7. The molecule has 4 aromatic rings. The molecular weight excluding hydrogens is 500 g/mol. The molecule has 0 saturated carbocycles. The molecule has 1 N–H and O–H groups in total. The van der Waals surface area contributed by atoms with E-state index in [9.17, 15) is 4.79 Å². The molecule has 11 nitrogen and oxygen atoms in total. The number of ether oxygens (including phenoxy) is 4. The van der Waals surface area contributed by atoms with E-state index in [1.165, 1.54) is 0 Å². The van der Waals surface area contributed by atoms with Crippen LogP contribution < -0.4 is 24.3 Å². The molecule has 1 amide bonds. The molecule has 0 radical (unpaired) electrons. The lowest BCUT2D eigenvalue weighted by Crippen LogP contribution is -2.35. The zero-order valence-electron chi connectivity index (χ0n) is 21.9. The number of hydrogen-bond donors (Lipinski definition) is 1. The number of carbonyl (C=O) groups excluding carboxylic acids is 1. The maximum Gasteiger partial charge on any atom is 0.255 e. The number of aromatic nitrogens is 4. The molecule has 0 fully saturated rings. The average Bonchev–Trinajstić information content (AvgIpc) is 3.63. The van der Waals surface area contributed by atoms with Gasteiger partial charge in [-0.05, 0) is 84.9 Å². The number of rotatable bonds is 7. The van der Waals surface area contributed by atoms with Gasteiger partial charge in [0.1, 0.15) is 11.8 Å². The second-order valence-corrected chi connectivity index (χ2v) is 9.26. The zero-order valence-corrected chi connectivity index (χ0v) is 21.9. The highest BCUT2D eigenvalue weighted by atomic mass is 16.7. The molecule has 11 heteroatoms. The summed E-state index contributed by atoms with van der Waals surface area (Å²) in [5, 5.41) is 15.6. The molecule has 39 heavy (non-hydrogen) atoms. The second kappa shape index (κ2) is 10.3. The van der Waals surface area contributed by atoms with Crippen molar-refractivity contribution in [3.63, 3.8) is 0 Å². The number of anilines is 1. The first-order valence-corrected chi connectivity index (χ1v) is 12.7. The maximum absolute atomic E-state index is 13.1. The van der Waals surface area contributed by atoms with E-state index >= 15 is 0 Å². The fraction of sp³-hybridized carbons (Fsp3) is 0.286. The highest BCUT2D eigenvalue weighted by Gasteiger charge is 2.37. The highest BCUT2D eigenvalue weighted by Crippen LogP contribution is 2.50. The van der Waals surface area contributed by atoms with Crippen LogP contribution in [0.3, 0.4) is 0 Å². The van der Waals surface area contributed by atoms with E-state index in [1.807, 2.05) is 44.3 Å². The van der Waals surface area contributed by atoms with Gasteiger partial charge >= 0.3 is 0 Å². The molecule has 1 aromatic heterocycles. The molecule has 2 aliphatic heterocycles. The molecule has 2 aliphatic rings. The van der Waals surface area contributed by atoms with E-state index in [1.54, 1.807) is 36.1 Å². The van der Waals surface area contributed by atoms with E-state index in [0.717, 1.165) is 29.8 Å². The van der Waals surface area contributed by atoms with Gasteiger partial charge in [0, 0.05) is 23.4 Å². The quantitative estimate of drug-likeness (QED) is 0.384. The number of hydrogen-bond acceptors (Lipinski definition) is 9. The normalized spacial score (nSPS) is 16.0. The molecule has 6 rings (SSSR count). The molecule has 1 unspecified atom stereocenters. The smallest absolute Gasteiger partial charge is 0.255 e. The minimum Gasteiger partial charge on any atom is -0.494 e. The largest absolute Gasteiger partial charge is 0.494 e. The monoisotopic (exact) mass is 528 g/mol. The van der Waals surface area contributed by atoms with Crippen molar-refractivity contribution in [2.75, 3.05) is 39.4 Å². The van der Waals surface area contributed by atoms with Gasteiger partial charge in [-0.15, -0.1) is 5.10 Å². The van der Waals surface area contributed by atoms with E-state index in [0.29, 0.717) is 46.6 Å². The van der Waals surface area contributed by atoms with Crippen LogP contribution in [-0.4, -0.2) is 65.1 Å². The van der Waals surface area contributed by atoms with Crippen LogP contribution in [0.2, 0.25) is 0 Å². The van der Waals surface area contributed by atoms with Crippen molar-refractivity contribution >= 4 is 11.6 Å². The third-order valence-electron chi connectivity index (χ3n) is 6.91. The first-order chi connectivity index (χ1) is 19.1. The number of tetrazole rings is 1. The molecule has 0 saturated heterocycles. The summed E-state index contributed by atoms with van der Waals surface area (Å²) in [4.78, 5) is 15.3. The number of methoxy groups -OCH3 is 1. The Morgan fingerprint density at radius 1 is 1.15 bits per heavy atom. The summed E-state index contributed by atoms with van der Waals surface area (Å²) in [6.45, 7) is 3.45. The molecule has 0 bridgehead atoms. The van der Waals surface area contributed by atoms with Crippen molar-refractivity contribution in [3.05, 3.63) is 77.1 Å². The van der Waals surface area contributed by atoms with Crippen molar-refractivity contribution in [2.24, 2.45) is 0 Å². The third kappa shape index (κ3) is 4.50. The summed E-state index contributed by atoms with van der Waals surface area (Å²) in [7, 11) is 3.65. The Bertz CT molecular complexity index is 1520. The summed E-state index contributed by atoms with van der Waals surface area (Å²) in [6.07, 6.45) is 0.818. The molecule has 3 aromatic carbocycles. The molecule has 0 spiro atoms. The summed E-state index contributed by atoms with van der Waals surface area (Å²) >= 11 is 0. The van der Waals surface area contributed by atoms with Crippen molar-refractivity contribution in [1.82, 2.24) is 25.1 Å². The SMILES string of the molecule is CCOc1ccc(NC(=O)c2cccc(-n3nnnc3C3c4c(cc5c(c4OC)OCO5)CCN3C)c2)cc1. The Hall–Kier alpha value is -4.64.